The van der Waals surface area contributed by atoms with Crippen molar-refractivity contribution in [2.24, 2.45) is 11.7 Å². The van der Waals surface area contributed by atoms with Gasteiger partial charge in [-0.25, -0.2) is 0 Å². The van der Waals surface area contributed by atoms with Gasteiger partial charge in [-0.1, -0.05) is 0 Å². The first kappa shape index (κ1) is 11.7. The summed E-state index contributed by atoms with van der Waals surface area (Å²) in [6.07, 6.45) is 3.06. The molecule has 5 nitrogen and oxygen atoms in total. The Kier molecular flexibility index (Phi) is 3.17. The monoisotopic (exact) mass is 236 g/mol. The minimum atomic E-state index is -0.335. The zero-order valence-corrected chi connectivity index (χ0v) is 9.81. The number of hydrogen-bond donors (Lipinski definition) is 1. The topological polar surface area (TPSA) is 76.5 Å². The number of carbonyl (C=O) groups excluding carboxylic acids is 2. The van der Waals surface area contributed by atoms with Crippen molar-refractivity contribution in [2.45, 2.75) is 19.8 Å². The van der Waals surface area contributed by atoms with Crippen molar-refractivity contribution in [3.8, 4) is 0 Å². The highest BCUT2D eigenvalue weighted by molar-refractivity contribution is 5.93. The molecule has 1 aromatic heterocycles. The summed E-state index contributed by atoms with van der Waals surface area (Å²) >= 11 is 0. The maximum absolute atomic E-state index is 12.1. The van der Waals surface area contributed by atoms with E-state index in [0.717, 1.165) is 18.4 Å². The quantitative estimate of drug-likeness (QED) is 0.829. The molecule has 0 aliphatic carbocycles. The molecule has 1 atom stereocenters. The third-order valence-corrected chi connectivity index (χ3v) is 3.17. The predicted molar refractivity (Wildman–Crippen MR) is 61.3 cm³/mol. The molecular weight excluding hydrogens is 220 g/mol. The molecular formula is C12H16N2O3. The van der Waals surface area contributed by atoms with E-state index in [0.29, 0.717) is 18.8 Å². The number of furan rings is 1. The van der Waals surface area contributed by atoms with Gasteiger partial charge in [0.2, 0.25) is 5.91 Å². The number of nitrogens with two attached hydrogens (primary N) is 1. The molecule has 1 aromatic rings. The number of piperidine rings is 1. The number of hydrogen-bond acceptors (Lipinski definition) is 3. The van der Waals surface area contributed by atoms with Crippen molar-refractivity contribution in [3.63, 3.8) is 0 Å². The van der Waals surface area contributed by atoms with E-state index < -0.39 is 0 Å². The van der Waals surface area contributed by atoms with Gasteiger partial charge >= 0.3 is 0 Å². The fourth-order valence-electron chi connectivity index (χ4n) is 2.13. The van der Waals surface area contributed by atoms with Gasteiger partial charge in [-0.05, 0) is 25.8 Å². The van der Waals surface area contributed by atoms with Crippen LogP contribution in [0.15, 0.2) is 16.7 Å². The summed E-state index contributed by atoms with van der Waals surface area (Å²) in [4.78, 5) is 24.9. The van der Waals surface area contributed by atoms with Gasteiger partial charge in [0.15, 0.2) is 5.76 Å². The molecule has 2 rings (SSSR count). The van der Waals surface area contributed by atoms with Crippen LogP contribution in [0, 0.1) is 12.8 Å². The van der Waals surface area contributed by atoms with E-state index in [-0.39, 0.29) is 17.7 Å². The van der Waals surface area contributed by atoms with Gasteiger partial charge in [-0.3, -0.25) is 9.59 Å². The molecule has 17 heavy (non-hydrogen) atoms. The highest BCUT2D eigenvalue weighted by Gasteiger charge is 2.29. The van der Waals surface area contributed by atoms with Crippen molar-refractivity contribution in [1.29, 1.82) is 0 Å². The van der Waals surface area contributed by atoms with Crippen molar-refractivity contribution >= 4 is 11.8 Å². The summed E-state index contributed by atoms with van der Waals surface area (Å²) < 4.78 is 5.17. The van der Waals surface area contributed by atoms with E-state index in [1.165, 1.54) is 6.26 Å². The molecule has 0 bridgehead atoms. The third kappa shape index (κ3) is 2.33. The summed E-state index contributed by atoms with van der Waals surface area (Å²) in [5.74, 6) is -0.366. The second-order valence-corrected chi connectivity index (χ2v) is 4.43. The largest absolute Gasteiger partial charge is 0.459 e. The Balaban J connectivity index is 2.10. The molecule has 1 fully saturated rings. The molecule has 1 aliphatic rings. The zero-order chi connectivity index (χ0) is 12.4. The van der Waals surface area contributed by atoms with Crippen LogP contribution >= 0.6 is 0 Å². The number of carbonyl (C=O) groups is 2. The predicted octanol–water partition coefficient (Wildman–Crippen LogP) is 0.926. The van der Waals surface area contributed by atoms with Gasteiger partial charge in [0, 0.05) is 18.7 Å². The van der Waals surface area contributed by atoms with Crippen molar-refractivity contribution < 1.29 is 14.0 Å². The van der Waals surface area contributed by atoms with Crippen LogP contribution in [-0.2, 0) is 4.79 Å². The number of amides is 2. The summed E-state index contributed by atoms with van der Waals surface area (Å²) in [7, 11) is 0. The molecule has 2 heterocycles. The molecule has 2 N–H and O–H groups in total. The SMILES string of the molecule is Cc1ccoc1C(=O)N1CCC[C@@H](C(N)=O)C1. The number of aryl methyl sites for hydroxylation is 1. The van der Waals surface area contributed by atoms with E-state index in [9.17, 15) is 9.59 Å². The van der Waals surface area contributed by atoms with E-state index >= 15 is 0 Å². The van der Waals surface area contributed by atoms with Gasteiger partial charge < -0.3 is 15.1 Å². The molecule has 0 unspecified atom stereocenters. The minimum absolute atomic E-state index is 0.154. The van der Waals surface area contributed by atoms with Gasteiger partial charge in [0.25, 0.3) is 5.91 Å². The van der Waals surface area contributed by atoms with Gasteiger partial charge in [-0.2, -0.15) is 0 Å². The first-order valence-corrected chi connectivity index (χ1v) is 5.72. The number of primary amides is 1. The van der Waals surface area contributed by atoms with Crippen molar-refractivity contribution in [1.82, 2.24) is 4.90 Å². The van der Waals surface area contributed by atoms with Crippen molar-refractivity contribution in [3.05, 3.63) is 23.7 Å². The van der Waals surface area contributed by atoms with Gasteiger partial charge in [-0.15, -0.1) is 0 Å². The standard InChI is InChI=1S/C12H16N2O3/c1-8-4-6-17-10(8)12(16)14-5-2-3-9(7-14)11(13)15/h4,6,9H,2-3,5,7H2,1H3,(H2,13,15)/t9-/m1/s1. The highest BCUT2D eigenvalue weighted by atomic mass is 16.3. The zero-order valence-electron chi connectivity index (χ0n) is 9.81. The second kappa shape index (κ2) is 4.61. The summed E-state index contributed by atoms with van der Waals surface area (Å²) in [6, 6.07) is 1.75. The average molecular weight is 236 g/mol. The molecule has 5 heteroatoms. The number of rotatable bonds is 2. The molecule has 0 aromatic carbocycles. The van der Waals surface area contributed by atoms with E-state index in [1.807, 2.05) is 6.92 Å². The molecule has 1 aliphatic heterocycles. The lowest BCUT2D eigenvalue weighted by Gasteiger charge is -2.30. The average Bonchev–Trinajstić information content (AvgIpc) is 2.74. The van der Waals surface area contributed by atoms with Crippen LogP contribution in [0.5, 0.6) is 0 Å². The Hall–Kier alpha value is -1.78. The fraction of sp³-hybridized carbons (Fsp3) is 0.500. The van der Waals surface area contributed by atoms with Crippen LogP contribution in [-0.4, -0.2) is 29.8 Å². The Morgan fingerprint density at radius 3 is 2.88 bits per heavy atom. The number of nitrogens with zero attached hydrogens (tertiary/aromatic N) is 1. The fourth-order valence-corrected chi connectivity index (χ4v) is 2.13. The molecule has 0 radical (unpaired) electrons. The normalized spacial score (nSPS) is 20.3. The lowest BCUT2D eigenvalue weighted by Crippen LogP contribution is -2.44. The van der Waals surface area contributed by atoms with E-state index in [1.54, 1.807) is 11.0 Å². The van der Waals surface area contributed by atoms with Gasteiger partial charge in [0.1, 0.15) is 0 Å². The molecule has 1 saturated heterocycles. The second-order valence-electron chi connectivity index (χ2n) is 4.43. The Morgan fingerprint density at radius 2 is 2.29 bits per heavy atom. The molecule has 0 saturated carbocycles. The van der Waals surface area contributed by atoms with Crippen LogP contribution in [0.3, 0.4) is 0 Å². The Labute approximate surface area is 99.6 Å². The van der Waals surface area contributed by atoms with Crippen LogP contribution < -0.4 is 5.73 Å². The van der Waals surface area contributed by atoms with E-state index in [2.05, 4.69) is 0 Å². The summed E-state index contributed by atoms with van der Waals surface area (Å²) in [5.41, 5.74) is 6.09. The lowest BCUT2D eigenvalue weighted by molar-refractivity contribution is -0.123. The Morgan fingerprint density at radius 1 is 1.53 bits per heavy atom. The highest BCUT2D eigenvalue weighted by Crippen LogP contribution is 2.20. The third-order valence-electron chi connectivity index (χ3n) is 3.17. The van der Waals surface area contributed by atoms with Crippen LogP contribution in [0.4, 0.5) is 0 Å². The Bertz CT molecular complexity index is 439. The summed E-state index contributed by atoms with van der Waals surface area (Å²) in [6.45, 7) is 2.88. The molecule has 2 amide bonds. The van der Waals surface area contributed by atoms with E-state index in [4.69, 9.17) is 10.2 Å². The summed E-state index contributed by atoms with van der Waals surface area (Å²) in [5, 5.41) is 0. The minimum Gasteiger partial charge on any atom is -0.459 e. The lowest BCUT2D eigenvalue weighted by atomic mass is 9.97. The van der Waals surface area contributed by atoms with Crippen LogP contribution in [0.25, 0.3) is 0 Å². The van der Waals surface area contributed by atoms with Crippen LogP contribution in [0.1, 0.15) is 29.0 Å². The van der Waals surface area contributed by atoms with Crippen molar-refractivity contribution in [2.75, 3.05) is 13.1 Å². The molecule has 92 valence electrons. The van der Waals surface area contributed by atoms with Crippen LogP contribution in [0.2, 0.25) is 0 Å². The van der Waals surface area contributed by atoms with Gasteiger partial charge in [0.05, 0.1) is 12.2 Å². The maximum Gasteiger partial charge on any atom is 0.289 e. The first-order valence-electron chi connectivity index (χ1n) is 5.72. The smallest absolute Gasteiger partial charge is 0.289 e. The maximum atomic E-state index is 12.1. The first-order chi connectivity index (χ1) is 8.09. The number of likely N-dealkylation sites (tertiary alicyclic amines) is 1. The molecule has 0 spiro atoms.